The highest BCUT2D eigenvalue weighted by Gasteiger charge is 2.08. The first-order chi connectivity index (χ1) is 9.65. The molecule has 0 aliphatic rings. The molecule has 3 rings (SSSR count). The Kier molecular flexibility index (Phi) is 3.16. The summed E-state index contributed by atoms with van der Waals surface area (Å²) < 4.78 is 13.3. The molecular weight excluding hydrogens is 277 g/mol. The molecule has 100 valence electrons. The number of rotatable bonds is 2. The van der Waals surface area contributed by atoms with Gasteiger partial charge >= 0.3 is 0 Å². The molecule has 3 aromatic rings. The fraction of sp³-hybridized carbons (Fsp3) is 0. The van der Waals surface area contributed by atoms with E-state index in [9.17, 15) is 4.39 Å². The summed E-state index contributed by atoms with van der Waals surface area (Å²) in [7, 11) is 0. The van der Waals surface area contributed by atoms with Gasteiger partial charge in [-0.2, -0.15) is 0 Å². The van der Waals surface area contributed by atoms with Crippen molar-refractivity contribution >= 4 is 39.6 Å². The van der Waals surface area contributed by atoms with Crippen LogP contribution in [0.1, 0.15) is 0 Å². The molecule has 0 aliphatic carbocycles. The highest BCUT2D eigenvalue weighted by molar-refractivity contribution is 6.33. The maximum absolute atomic E-state index is 13.3. The quantitative estimate of drug-likeness (QED) is 0.689. The molecule has 0 atom stereocenters. The Bertz CT molecular complexity index is 789. The second kappa shape index (κ2) is 4.98. The molecule has 0 radical (unpaired) electrons. The summed E-state index contributed by atoms with van der Waals surface area (Å²) in [5.41, 5.74) is 8.61. The lowest BCUT2D eigenvalue weighted by atomic mass is 10.1. The van der Waals surface area contributed by atoms with Crippen LogP contribution in [0.3, 0.4) is 0 Å². The lowest BCUT2D eigenvalue weighted by Crippen LogP contribution is -1.98. The number of pyridine rings is 1. The Morgan fingerprint density at radius 3 is 2.80 bits per heavy atom. The summed E-state index contributed by atoms with van der Waals surface area (Å²) in [4.78, 5) is 4.23. The van der Waals surface area contributed by atoms with Crippen molar-refractivity contribution in [2.75, 3.05) is 11.1 Å². The number of hydrogen-bond donors (Lipinski definition) is 2. The molecule has 0 saturated heterocycles. The summed E-state index contributed by atoms with van der Waals surface area (Å²) in [5, 5.41) is 4.31. The van der Waals surface area contributed by atoms with Crippen LogP contribution >= 0.6 is 11.6 Å². The van der Waals surface area contributed by atoms with E-state index >= 15 is 0 Å². The van der Waals surface area contributed by atoms with Crippen LogP contribution < -0.4 is 11.1 Å². The summed E-state index contributed by atoms with van der Waals surface area (Å²) in [6.45, 7) is 0. The van der Waals surface area contributed by atoms with Gasteiger partial charge in [-0.05, 0) is 42.5 Å². The van der Waals surface area contributed by atoms with Crippen LogP contribution in [0.25, 0.3) is 10.9 Å². The number of hydrogen-bond acceptors (Lipinski definition) is 3. The Morgan fingerprint density at radius 2 is 1.95 bits per heavy atom. The number of benzene rings is 2. The maximum Gasteiger partial charge on any atom is 0.125 e. The average Bonchev–Trinajstić information content (AvgIpc) is 2.46. The van der Waals surface area contributed by atoms with Gasteiger partial charge in [0.15, 0.2) is 0 Å². The van der Waals surface area contributed by atoms with Gasteiger partial charge < -0.3 is 11.1 Å². The smallest absolute Gasteiger partial charge is 0.125 e. The summed E-state index contributed by atoms with van der Waals surface area (Å²) in [5.74, 6) is -0.363. The molecule has 0 aliphatic heterocycles. The van der Waals surface area contributed by atoms with Gasteiger partial charge in [-0.1, -0.05) is 11.6 Å². The van der Waals surface area contributed by atoms with E-state index in [2.05, 4.69) is 10.3 Å². The zero-order valence-corrected chi connectivity index (χ0v) is 11.2. The highest BCUT2D eigenvalue weighted by atomic mass is 35.5. The second-order valence-electron chi connectivity index (χ2n) is 4.35. The Labute approximate surface area is 120 Å². The number of nitrogens with zero attached hydrogens (tertiary/aromatic N) is 1. The van der Waals surface area contributed by atoms with Crippen molar-refractivity contribution in [2.45, 2.75) is 0 Å². The highest BCUT2D eigenvalue weighted by Crippen LogP contribution is 2.32. The Morgan fingerprint density at radius 1 is 1.10 bits per heavy atom. The molecule has 0 unspecified atom stereocenters. The van der Waals surface area contributed by atoms with Crippen LogP contribution in [0, 0.1) is 5.82 Å². The SMILES string of the molecule is Nc1c(Nc2cc(F)ccc2Cl)ccc2ncccc12. The second-order valence-corrected chi connectivity index (χ2v) is 4.75. The monoisotopic (exact) mass is 287 g/mol. The lowest BCUT2D eigenvalue weighted by Gasteiger charge is -2.12. The molecule has 3 nitrogen and oxygen atoms in total. The van der Waals surface area contributed by atoms with Crippen molar-refractivity contribution in [3.63, 3.8) is 0 Å². The number of nitrogen functional groups attached to an aromatic ring is 1. The van der Waals surface area contributed by atoms with E-state index < -0.39 is 0 Å². The minimum absolute atomic E-state index is 0.363. The molecule has 0 bridgehead atoms. The first-order valence-electron chi connectivity index (χ1n) is 6.00. The lowest BCUT2D eigenvalue weighted by molar-refractivity contribution is 0.628. The van der Waals surface area contributed by atoms with E-state index in [1.54, 1.807) is 12.3 Å². The van der Waals surface area contributed by atoms with Crippen LogP contribution in [0.5, 0.6) is 0 Å². The number of halogens is 2. The van der Waals surface area contributed by atoms with Gasteiger partial charge in [-0.25, -0.2) is 4.39 Å². The molecule has 20 heavy (non-hydrogen) atoms. The molecule has 0 spiro atoms. The fourth-order valence-electron chi connectivity index (χ4n) is 2.02. The molecule has 2 aromatic carbocycles. The van der Waals surface area contributed by atoms with Gasteiger partial charge in [0.1, 0.15) is 5.82 Å². The predicted octanol–water partition coefficient (Wildman–Crippen LogP) is 4.35. The summed E-state index contributed by atoms with van der Waals surface area (Å²) in [6.07, 6.45) is 1.71. The van der Waals surface area contributed by atoms with E-state index in [1.807, 2.05) is 18.2 Å². The molecule has 0 saturated carbocycles. The summed E-state index contributed by atoms with van der Waals surface area (Å²) in [6, 6.07) is 11.5. The molecule has 1 heterocycles. The largest absolute Gasteiger partial charge is 0.396 e. The minimum Gasteiger partial charge on any atom is -0.396 e. The molecular formula is C15H11ClFN3. The predicted molar refractivity (Wildman–Crippen MR) is 80.8 cm³/mol. The van der Waals surface area contributed by atoms with Gasteiger partial charge in [0.25, 0.3) is 0 Å². The molecule has 0 amide bonds. The summed E-state index contributed by atoms with van der Waals surface area (Å²) >= 11 is 6.03. The minimum atomic E-state index is -0.363. The Balaban J connectivity index is 2.07. The normalized spacial score (nSPS) is 10.7. The van der Waals surface area contributed by atoms with Gasteiger partial charge in [0.2, 0.25) is 0 Å². The van der Waals surface area contributed by atoms with E-state index in [0.717, 1.165) is 10.9 Å². The topological polar surface area (TPSA) is 50.9 Å². The van der Waals surface area contributed by atoms with Gasteiger partial charge in [-0.15, -0.1) is 0 Å². The third-order valence-electron chi connectivity index (χ3n) is 3.02. The first kappa shape index (κ1) is 12.7. The van der Waals surface area contributed by atoms with Gasteiger partial charge in [0.05, 0.1) is 27.6 Å². The van der Waals surface area contributed by atoms with Crippen LogP contribution in [0.15, 0.2) is 48.7 Å². The van der Waals surface area contributed by atoms with Crippen molar-refractivity contribution in [3.05, 3.63) is 59.5 Å². The third-order valence-corrected chi connectivity index (χ3v) is 3.35. The molecule has 3 N–H and O–H groups in total. The van der Waals surface area contributed by atoms with E-state index in [1.165, 1.54) is 18.2 Å². The van der Waals surface area contributed by atoms with Crippen molar-refractivity contribution < 1.29 is 4.39 Å². The van der Waals surface area contributed by atoms with Crippen LogP contribution in [-0.4, -0.2) is 4.98 Å². The van der Waals surface area contributed by atoms with E-state index in [4.69, 9.17) is 17.3 Å². The maximum atomic E-state index is 13.3. The van der Waals surface area contributed by atoms with Crippen LogP contribution in [-0.2, 0) is 0 Å². The molecule has 5 heteroatoms. The zero-order valence-electron chi connectivity index (χ0n) is 10.4. The van der Waals surface area contributed by atoms with Crippen LogP contribution in [0.4, 0.5) is 21.5 Å². The zero-order chi connectivity index (χ0) is 14.1. The van der Waals surface area contributed by atoms with Crippen molar-refractivity contribution in [1.82, 2.24) is 4.98 Å². The number of anilines is 3. The fourth-order valence-corrected chi connectivity index (χ4v) is 2.19. The number of aromatic nitrogens is 1. The van der Waals surface area contributed by atoms with E-state index in [-0.39, 0.29) is 5.82 Å². The average molecular weight is 288 g/mol. The Hall–Kier alpha value is -2.33. The third kappa shape index (κ3) is 2.26. The van der Waals surface area contributed by atoms with Crippen LogP contribution in [0.2, 0.25) is 5.02 Å². The molecule has 0 fully saturated rings. The number of fused-ring (bicyclic) bond motifs is 1. The van der Waals surface area contributed by atoms with E-state index in [0.29, 0.717) is 22.1 Å². The molecule has 1 aromatic heterocycles. The standard InChI is InChI=1S/C15H11ClFN3/c16-11-4-3-9(17)8-14(11)20-13-6-5-12-10(15(13)18)2-1-7-19-12/h1-8,20H,18H2. The van der Waals surface area contributed by atoms with Crippen molar-refractivity contribution in [3.8, 4) is 0 Å². The first-order valence-corrected chi connectivity index (χ1v) is 6.38. The number of nitrogens with one attached hydrogen (secondary N) is 1. The van der Waals surface area contributed by atoms with Gasteiger partial charge in [-0.3, -0.25) is 4.98 Å². The van der Waals surface area contributed by atoms with Gasteiger partial charge in [0, 0.05) is 11.6 Å². The van der Waals surface area contributed by atoms with Crippen molar-refractivity contribution in [2.24, 2.45) is 0 Å². The number of nitrogens with two attached hydrogens (primary N) is 1. The van der Waals surface area contributed by atoms with Crippen molar-refractivity contribution in [1.29, 1.82) is 0 Å².